The molecule has 0 fully saturated rings. The van der Waals surface area contributed by atoms with Gasteiger partial charge in [-0.3, -0.25) is 4.79 Å². The van der Waals surface area contributed by atoms with Crippen LogP contribution in [0.5, 0.6) is 11.5 Å². The highest BCUT2D eigenvalue weighted by Gasteiger charge is 2.13. The second kappa shape index (κ2) is 8.83. The van der Waals surface area contributed by atoms with Crippen LogP contribution < -0.4 is 10.1 Å². The summed E-state index contributed by atoms with van der Waals surface area (Å²) in [5.74, 6) is 0.465. The minimum atomic E-state index is -0.371. The average Bonchev–Trinajstić information content (AvgIpc) is 2.69. The third kappa shape index (κ3) is 5.18. The van der Waals surface area contributed by atoms with Gasteiger partial charge in [0.05, 0.1) is 11.2 Å². The Bertz CT molecular complexity index is 937. The summed E-state index contributed by atoms with van der Waals surface area (Å²) in [6, 6.07) is 13.0. The molecule has 0 saturated heterocycles. The van der Waals surface area contributed by atoms with Gasteiger partial charge in [-0.2, -0.15) is 0 Å². The van der Waals surface area contributed by atoms with E-state index in [0.717, 1.165) is 5.56 Å². The molecule has 1 N–H and O–H groups in total. The van der Waals surface area contributed by atoms with Gasteiger partial charge in [-0.05, 0) is 48.2 Å². The Kier molecular flexibility index (Phi) is 6.26. The van der Waals surface area contributed by atoms with Gasteiger partial charge >= 0.3 is 0 Å². The van der Waals surface area contributed by atoms with Crippen LogP contribution in [0.1, 0.15) is 16.1 Å². The fourth-order valence-corrected chi connectivity index (χ4v) is 2.71. The van der Waals surface area contributed by atoms with E-state index in [1.54, 1.807) is 24.3 Å². The normalized spacial score (nSPS) is 10.5. The van der Waals surface area contributed by atoms with Crippen LogP contribution in [0.15, 0.2) is 59.9 Å². The Labute approximate surface area is 164 Å². The van der Waals surface area contributed by atoms with E-state index in [4.69, 9.17) is 16.3 Å². The van der Waals surface area contributed by atoms with E-state index in [2.05, 4.69) is 15.3 Å². The molecule has 0 saturated carbocycles. The highest BCUT2D eigenvalue weighted by molar-refractivity contribution is 7.98. The molecule has 0 bridgehead atoms. The first-order valence-corrected chi connectivity index (χ1v) is 9.52. The minimum Gasteiger partial charge on any atom is -0.457 e. The van der Waals surface area contributed by atoms with Crippen molar-refractivity contribution in [1.29, 1.82) is 0 Å². The maximum Gasteiger partial charge on any atom is 0.271 e. The number of benzene rings is 2. The smallest absolute Gasteiger partial charge is 0.271 e. The highest BCUT2D eigenvalue weighted by atomic mass is 35.5. The van der Waals surface area contributed by atoms with Crippen molar-refractivity contribution in [2.45, 2.75) is 11.7 Å². The van der Waals surface area contributed by atoms with E-state index in [-0.39, 0.29) is 22.4 Å². The van der Waals surface area contributed by atoms with Crippen molar-refractivity contribution in [3.63, 3.8) is 0 Å². The number of ether oxygens (including phenoxy) is 1. The predicted molar refractivity (Wildman–Crippen MR) is 103 cm³/mol. The second-order valence-electron chi connectivity index (χ2n) is 5.44. The number of aromatic nitrogens is 2. The molecule has 0 radical (unpaired) electrons. The lowest BCUT2D eigenvalue weighted by Crippen LogP contribution is -2.24. The minimum absolute atomic E-state index is 0.146. The van der Waals surface area contributed by atoms with Gasteiger partial charge in [-0.15, -0.1) is 0 Å². The van der Waals surface area contributed by atoms with E-state index < -0.39 is 0 Å². The molecule has 0 aliphatic carbocycles. The fraction of sp³-hybridized carbons (Fsp3) is 0.105. The first kappa shape index (κ1) is 19.1. The van der Waals surface area contributed by atoms with Crippen molar-refractivity contribution in [2.75, 3.05) is 6.26 Å². The van der Waals surface area contributed by atoms with E-state index in [0.29, 0.717) is 23.2 Å². The summed E-state index contributed by atoms with van der Waals surface area (Å²) in [6.07, 6.45) is 3.23. The quantitative estimate of drug-likeness (QED) is 0.477. The van der Waals surface area contributed by atoms with Crippen molar-refractivity contribution in [3.05, 3.63) is 76.8 Å². The standard InChI is InChI=1S/C19H15ClFN3O2S/c1-27-19-23-11-16(20)17(24-19)18(25)22-10-12-2-6-14(7-3-12)26-15-8-4-13(21)5-9-15/h2-9,11H,10H2,1H3,(H,22,25). The summed E-state index contributed by atoms with van der Waals surface area (Å²) in [5.41, 5.74) is 1.03. The monoisotopic (exact) mass is 403 g/mol. The highest BCUT2D eigenvalue weighted by Crippen LogP contribution is 2.22. The maximum absolute atomic E-state index is 12.9. The molecule has 8 heteroatoms. The molecule has 1 heterocycles. The molecule has 0 spiro atoms. The molecule has 0 aliphatic rings. The van der Waals surface area contributed by atoms with Gasteiger partial charge in [0.15, 0.2) is 10.9 Å². The molecule has 0 atom stereocenters. The van der Waals surface area contributed by atoms with Gasteiger partial charge in [0.25, 0.3) is 5.91 Å². The maximum atomic E-state index is 12.9. The number of thioether (sulfide) groups is 1. The number of halogens is 2. The SMILES string of the molecule is CSc1ncc(Cl)c(C(=O)NCc2ccc(Oc3ccc(F)cc3)cc2)n1. The molecule has 138 valence electrons. The number of hydrogen-bond donors (Lipinski definition) is 1. The lowest BCUT2D eigenvalue weighted by molar-refractivity contribution is 0.0945. The van der Waals surface area contributed by atoms with Gasteiger partial charge in [-0.1, -0.05) is 35.5 Å². The zero-order valence-electron chi connectivity index (χ0n) is 14.3. The number of carbonyl (C=O) groups is 1. The van der Waals surface area contributed by atoms with Crippen molar-refractivity contribution < 1.29 is 13.9 Å². The van der Waals surface area contributed by atoms with E-state index in [9.17, 15) is 9.18 Å². The first-order valence-electron chi connectivity index (χ1n) is 7.92. The van der Waals surface area contributed by atoms with Crippen molar-refractivity contribution in [2.24, 2.45) is 0 Å². The molecular weight excluding hydrogens is 389 g/mol. The van der Waals surface area contributed by atoms with Gasteiger partial charge < -0.3 is 10.1 Å². The number of rotatable bonds is 6. The molecule has 1 amide bonds. The third-order valence-electron chi connectivity index (χ3n) is 3.55. The predicted octanol–water partition coefficient (Wildman–Crippen LogP) is 4.71. The van der Waals surface area contributed by atoms with Gasteiger partial charge in [-0.25, -0.2) is 14.4 Å². The Morgan fingerprint density at radius 3 is 2.41 bits per heavy atom. The van der Waals surface area contributed by atoms with Gasteiger partial charge in [0, 0.05) is 6.54 Å². The van der Waals surface area contributed by atoms with Crippen LogP contribution in [0.3, 0.4) is 0 Å². The molecule has 3 aromatic rings. The number of nitrogens with zero attached hydrogens (tertiary/aromatic N) is 2. The lowest BCUT2D eigenvalue weighted by atomic mass is 10.2. The second-order valence-corrected chi connectivity index (χ2v) is 6.62. The molecular formula is C19H15ClFN3O2S. The van der Waals surface area contributed by atoms with Crippen LogP contribution in [0.25, 0.3) is 0 Å². The molecule has 5 nitrogen and oxygen atoms in total. The summed E-state index contributed by atoms with van der Waals surface area (Å²) in [6.45, 7) is 0.310. The van der Waals surface area contributed by atoms with Crippen LogP contribution in [0, 0.1) is 5.82 Å². The summed E-state index contributed by atoms with van der Waals surface area (Å²) in [4.78, 5) is 20.4. The van der Waals surface area contributed by atoms with Crippen molar-refractivity contribution in [3.8, 4) is 11.5 Å². The summed E-state index contributed by atoms with van der Waals surface area (Å²) in [7, 11) is 0. The summed E-state index contributed by atoms with van der Waals surface area (Å²) in [5, 5.41) is 3.46. The largest absolute Gasteiger partial charge is 0.457 e. The molecule has 2 aromatic carbocycles. The number of nitrogens with one attached hydrogen (secondary N) is 1. The van der Waals surface area contributed by atoms with Crippen LogP contribution >= 0.6 is 23.4 Å². The number of hydrogen-bond acceptors (Lipinski definition) is 5. The van der Waals surface area contributed by atoms with Crippen LogP contribution in [-0.2, 0) is 6.54 Å². The molecule has 27 heavy (non-hydrogen) atoms. The molecule has 0 aliphatic heterocycles. The Morgan fingerprint density at radius 1 is 1.15 bits per heavy atom. The van der Waals surface area contributed by atoms with Gasteiger partial charge in [0.1, 0.15) is 17.3 Å². The first-order chi connectivity index (χ1) is 13.0. The third-order valence-corrected chi connectivity index (χ3v) is 4.38. The topological polar surface area (TPSA) is 64.1 Å². The number of carbonyl (C=O) groups excluding carboxylic acids is 1. The zero-order valence-corrected chi connectivity index (χ0v) is 15.9. The van der Waals surface area contributed by atoms with Crippen molar-refractivity contribution >= 4 is 29.3 Å². The Morgan fingerprint density at radius 2 is 1.78 bits per heavy atom. The lowest BCUT2D eigenvalue weighted by Gasteiger charge is -2.09. The van der Waals surface area contributed by atoms with E-state index in [1.807, 2.05) is 18.4 Å². The Hall–Kier alpha value is -2.64. The fourth-order valence-electron chi connectivity index (χ4n) is 2.19. The zero-order chi connectivity index (χ0) is 19.2. The Balaban J connectivity index is 1.60. The molecule has 1 aromatic heterocycles. The summed E-state index contributed by atoms with van der Waals surface area (Å²) < 4.78 is 18.5. The van der Waals surface area contributed by atoms with Crippen LogP contribution in [0.4, 0.5) is 4.39 Å². The average molecular weight is 404 g/mol. The number of amides is 1. The van der Waals surface area contributed by atoms with Crippen LogP contribution in [0.2, 0.25) is 5.02 Å². The van der Waals surface area contributed by atoms with Crippen LogP contribution in [-0.4, -0.2) is 22.1 Å². The molecule has 3 rings (SSSR count). The van der Waals surface area contributed by atoms with E-state index >= 15 is 0 Å². The van der Waals surface area contributed by atoms with Gasteiger partial charge in [0.2, 0.25) is 0 Å². The molecule has 0 unspecified atom stereocenters. The van der Waals surface area contributed by atoms with E-state index in [1.165, 1.54) is 30.1 Å². The van der Waals surface area contributed by atoms with Crippen molar-refractivity contribution in [1.82, 2.24) is 15.3 Å². The summed E-state index contributed by atoms with van der Waals surface area (Å²) >= 11 is 7.33.